The van der Waals surface area contributed by atoms with E-state index in [0.29, 0.717) is 33.0 Å². The van der Waals surface area contributed by atoms with Crippen molar-refractivity contribution in [3.63, 3.8) is 0 Å². The summed E-state index contributed by atoms with van der Waals surface area (Å²) in [5, 5.41) is 3.74. The second-order valence-corrected chi connectivity index (χ2v) is 6.24. The number of thiophene rings is 1. The zero-order valence-electron chi connectivity index (χ0n) is 10.8. The molecule has 7 heteroatoms. The molecule has 0 aliphatic carbocycles. The summed E-state index contributed by atoms with van der Waals surface area (Å²) in [6.45, 7) is 2.16. The van der Waals surface area contributed by atoms with E-state index in [0.717, 1.165) is 15.8 Å². The summed E-state index contributed by atoms with van der Waals surface area (Å²) in [5.74, 6) is 1.84. The molecule has 3 aromatic rings. The van der Waals surface area contributed by atoms with Crippen LogP contribution in [0.1, 0.15) is 5.56 Å². The highest BCUT2D eigenvalue weighted by molar-refractivity contribution is 7.14. The monoisotopic (exact) mass is 338 g/mol. The SMILES string of the molecule is Cc1csc(-c2nc(Cl)c3cc4c(cc3n2)OCO4)c1Cl. The third-order valence-corrected chi connectivity index (χ3v) is 5.23. The van der Waals surface area contributed by atoms with Crippen LogP contribution in [0.3, 0.4) is 0 Å². The average molecular weight is 339 g/mol. The van der Waals surface area contributed by atoms with Gasteiger partial charge in [0, 0.05) is 11.5 Å². The Morgan fingerprint density at radius 3 is 2.62 bits per heavy atom. The minimum atomic E-state index is 0.208. The van der Waals surface area contributed by atoms with E-state index in [-0.39, 0.29) is 6.79 Å². The number of rotatable bonds is 1. The zero-order chi connectivity index (χ0) is 14.6. The molecule has 21 heavy (non-hydrogen) atoms. The van der Waals surface area contributed by atoms with Crippen molar-refractivity contribution in [3.05, 3.63) is 33.3 Å². The van der Waals surface area contributed by atoms with Gasteiger partial charge in [0.2, 0.25) is 6.79 Å². The van der Waals surface area contributed by atoms with Gasteiger partial charge in [-0.15, -0.1) is 11.3 Å². The smallest absolute Gasteiger partial charge is 0.231 e. The lowest BCUT2D eigenvalue weighted by molar-refractivity contribution is 0.174. The third-order valence-electron chi connectivity index (χ3n) is 3.25. The van der Waals surface area contributed by atoms with E-state index in [1.807, 2.05) is 18.4 Å². The van der Waals surface area contributed by atoms with Crippen LogP contribution < -0.4 is 9.47 Å². The summed E-state index contributed by atoms with van der Waals surface area (Å²) in [6, 6.07) is 3.61. The Kier molecular flexibility index (Phi) is 2.96. The summed E-state index contributed by atoms with van der Waals surface area (Å²) >= 11 is 14.1. The van der Waals surface area contributed by atoms with Crippen LogP contribution in [0.4, 0.5) is 0 Å². The fraction of sp³-hybridized carbons (Fsp3) is 0.143. The molecule has 0 atom stereocenters. The fourth-order valence-corrected chi connectivity index (χ4v) is 3.61. The summed E-state index contributed by atoms with van der Waals surface area (Å²) < 4.78 is 10.7. The Morgan fingerprint density at radius 1 is 1.14 bits per heavy atom. The van der Waals surface area contributed by atoms with Gasteiger partial charge in [-0.1, -0.05) is 23.2 Å². The summed E-state index contributed by atoms with van der Waals surface area (Å²) in [6.07, 6.45) is 0. The number of aromatic nitrogens is 2. The average Bonchev–Trinajstić information content (AvgIpc) is 3.04. The molecule has 0 unspecified atom stereocenters. The molecule has 0 saturated heterocycles. The van der Waals surface area contributed by atoms with Gasteiger partial charge in [0.05, 0.1) is 15.4 Å². The predicted molar refractivity (Wildman–Crippen MR) is 83.7 cm³/mol. The van der Waals surface area contributed by atoms with E-state index in [1.165, 1.54) is 11.3 Å². The molecule has 0 amide bonds. The molecule has 0 radical (unpaired) electrons. The van der Waals surface area contributed by atoms with Gasteiger partial charge in [-0.05, 0) is 23.9 Å². The highest BCUT2D eigenvalue weighted by Gasteiger charge is 2.19. The quantitative estimate of drug-likeness (QED) is 0.603. The second kappa shape index (κ2) is 4.73. The summed E-state index contributed by atoms with van der Waals surface area (Å²) in [5.41, 5.74) is 1.71. The van der Waals surface area contributed by atoms with E-state index in [9.17, 15) is 0 Å². The normalized spacial score (nSPS) is 13.1. The standard InChI is InChI=1S/C14H8Cl2N2O2S/c1-6-4-21-12(11(6)15)14-17-8-3-10-9(19-5-20-10)2-7(8)13(16)18-14/h2-4H,5H2,1H3. The Morgan fingerprint density at radius 2 is 1.90 bits per heavy atom. The van der Waals surface area contributed by atoms with Crippen LogP contribution in [0.25, 0.3) is 21.6 Å². The number of aryl methyl sites for hydroxylation is 1. The number of benzene rings is 1. The zero-order valence-corrected chi connectivity index (χ0v) is 13.1. The molecule has 4 nitrogen and oxygen atoms in total. The van der Waals surface area contributed by atoms with Crippen LogP contribution in [0.5, 0.6) is 11.5 Å². The first-order chi connectivity index (χ1) is 10.1. The van der Waals surface area contributed by atoms with Gasteiger partial charge in [-0.2, -0.15) is 0 Å². The van der Waals surface area contributed by atoms with E-state index in [4.69, 9.17) is 32.7 Å². The lowest BCUT2D eigenvalue weighted by Crippen LogP contribution is -1.92. The first-order valence-electron chi connectivity index (χ1n) is 6.14. The Hall–Kier alpha value is -1.56. The summed E-state index contributed by atoms with van der Waals surface area (Å²) in [4.78, 5) is 9.72. The highest BCUT2D eigenvalue weighted by atomic mass is 35.5. The van der Waals surface area contributed by atoms with Gasteiger partial charge in [0.15, 0.2) is 17.3 Å². The van der Waals surface area contributed by atoms with Crippen molar-refractivity contribution in [3.8, 4) is 22.2 Å². The maximum Gasteiger partial charge on any atom is 0.231 e. The van der Waals surface area contributed by atoms with Crippen LogP contribution >= 0.6 is 34.5 Å². The van der Waals surface area contributed by atoms with Crippen LogP contribution in [0.2, 0.25) is 10.2 Å². The predicted octanol–water partition coefficient (Wildman–Crippen LogP) is 4.70. The minimum Gasteiger partial charge on any atom is -0.454 e. The van der Waals surface area contributed by atoms with Gasteiger partial charge < -0.3 is 9.47 Å². The first kappa shape index (κ1) is 13.1. The number of ether oxygens (including phenoxy) is 2. The number of hydrogen-bond donors (Lipinski definition) is 0. The molecule has 2 aromatic heterocycles. The maximum absolute atomic E-state index is 6.29. The van der Waals surface area contributed by atoms with E-state index in [1.54, 1.807) is 6.07 Å². The molecule has 106 valence electrons. The maximum atomic E-state index is 6.29. The van der Waals surface area contributed by atoms with Crippen molar-refractivity contribution < 1.29 is 9.47 Å². The van der Waals surface area contributed by atoms with Gasteiger partial charge in [0.25, 0.3) is 0 Å². The molecular formula is C14H8Cl2N2O2S. The Balaban J connectivity index is 1.96. The second-order valence-electron chi connectivity index (χ2n) is 4.62. The van der Waals surface area contributed by atoms with Crippen molar-refractivity contribution in [2.75, 3.05) is 6.79 Å². The number of nitrogens with zero attached hydrogens (tertiary/aromatic N) is 2. The molecule has 0 spiro atoms. The number of halogens is 2. The number of hydrogen-bond acceptors (Lipinski definition) is 5. The molecule has 1 aromatic carbocycles. The molecule has 0 N–H and O–H groups in total. The van der Waals surface area contributed by atoms with Crippen molar-refractivity contribution in [2.24, 2.45) is 0 Å². The highest BCUT2D eigenvalue weighted by Crippen LogP contribution is 2.40. The van der Waals surface area contributed by atoms with Crippen molar-refractivity contribution in [1.29, 1.82) is 0 Å². The lowest BCUT2D eigenvalue weighted by Gasteiger charge is -2.05. The van der Waals surface area contributed by atoms with Gasteiger partial charge >= 0.3 is 0 Å². The van der Waals surface area contributed by atoms with Crippen molar-refractivity contribution in [2.45, 2.75) is 6.92 Å². The Labute approximate surface area is 134 Å². The molecule has 0 bridgehead atoms. The van der Waals surface area contributed by atoms with Gasteiger partial charge in [-0.25, -0.2) is 9.97 Å². The van der Waals surface area contributed by atoms with E-state index < -0.39 is 0 Å². The largest absolute Gasteiger partial charge is 0.454 e. The third kappa shape index (κ3) is 2.04. The minimum absolute atomic E-state index is 0.208. The van der Waals surface area contributed by atoms with Crippen molar-refractivity contribution >= 4 is 45.4 Å². The van der Waals surface area contributed by atoms with Crippen molar-refractivity contribution in [1.82, 2.24) is 9.97 Å². The van der Waals surface area contributed by atoms with E-state index in [2.05, 4.69) is 9.97 Å². The fourth-order valence-electron chi connectivity index (χ4n) is 2.16. The Bertz CT molecular complexity index is 879. The molecule has 3 heterocycles. The molecule has 0 saturated carbocycles. The molecule has 1 aliphatic heterocycles. The molecular weight excluding hydrogens is 331 g/mol. The first-order valence-corrected chi connectivity index (χ1v) is 7.78. The van der Waals surface area contributed by atoms with Crippen LogP contribution in [0.15, 0.2) is 17.5 Å². The van der Waals surface area contributed by atoms with Crippen LogP contribution in [0, 0.1) is 6.92 Å². The number of fused-ring (bicyclic) bond motifs is 2. The van der Waals surface area contributed by atoms with Crippen LogP contribution in [-0.2, 0) is 0 Å². The molecule has 1 aliphatic rings. The summed E-state index contributed by atoms with van der Waals surface area (Å²) in [7, 11) is 0. The van der Waals surface area contributed by atoms with Gasteiger partial charge in [0.1, 0.15) is 5.15 Å². The van der Waals surface area contributed by atoms with Gasteiger partial charge in [-0.3, -0.25) is 0 Å². The lowest BCUT2D eigenvalue weighted by atomic mass is 10.2. The van der Waals surface area contributed by atoms with E-state index >= 15 is 0 Å². The van der Waals surface area contributed by atoms with Crippen LogP contribution in [-0.4, -0.2) is 16.8 Å². The topological polar surface area (TPSA) is 44.2 Å². The molecule has 4 rings (SSSR count). The molecule has 0 fully saturated rings.